The molecule has 0 amide bonds. The Morgan fingerprint density at radius 1 is 1.18 bits per heavy atom. The summed E-state index contributed by atoms with van der Waals surface area (Å²) in [5.41, 5.74) is 2.58. The Morgan fingerprint density at radius 2 is 1.93 bits per heavy atom. The first-order valence-electron chi connectivity index (χ1n) is 10.1. The lowest BCUT2D eigenvalue weighted by molar-refractivity contribution is 0.370. The van der Waals surface area contributed by atoms with Crippen molar-refractivity contribution in [3.8, 4) is 0 Å². The van der Waals surface area contributed by atoms with Gasteiger partial charge in [-0.25, -0.2) is 8.42 Å². The fraction of sp³-hybridized carbons (Fsp3) is 0.650. The molecule has 1 aromatic rings. The van der Waals surface area contributed by atoms with Gasteiger partial charge in [-0.3, -0.25) is 4.99 Å². The molecule has 1 unspecified atom stereocenters. The zero-order valence-corrected chi connectivity index (χ0v) is 19.7. The van der Waals surface area contributed by atoms with Crippen LogP contribution in [0.3, 0.4) is 0 Å². The standard InChI is InChI=1S/C20H30N4O2S.HI/c1-16-3-2-4-19(13-16)23-8-10-24(11-9-23)20(22-18-5-6-18)21-14-17-7-12-27(25,26)15-17;/h2-4,13,17-18H,5-12,14-15H2,1H3,(H,21,22);1H. The van der Waals surface area contributed by atoms with Crippen molar-refractivity contribution in [2.45, 2.75) is 32.2 Å². The molecule has 28 heavy (non-hydrogen) atoms. The molecule has 1 saturated carbocycles. The second kappa shape index (κ2) is 9.19. The van der Waals surface area contributed by atoms with E-state index in [1.807, 2.05) is 0 Å². The predicted molar refractivity (Wildman–Crippen MR) is 126 cm³/mol. The molecule has 2 saturated heterocycles. The average Bonchev–Trinajstić information content (AvgIpc) is 3.40. The zero-order valence-electron chi connectivity index (χ0n) is 16.5. The highest BCUT2D eigenvalue weighted by atomic mass is 127. The van der Waals surface area contributed by atoms with E-state index in [9.17, 15) is 8.42 Å². The van der Waals surface area contributed by atoms with Crippen LogP contribution in [0.15, 0.2) is 29.3 Å². The number of nitrogens with zero attached hydrogens (tertiary/aromatic N) is 3. The molecular weight excluding hydrogens is 487 g/mol. The fourth-order valence-corrected chi connectivity index (χ4v) is 5.73. The second-order valence-electron chi connectivity index (χ2n) is 8.17. The number of aliphatic imine (C=N–C) groups is 1. The summed E-state index contributed by atoms with van der Waals surface area (Å²) in [4.78, 5) is 9.61. The van der Waals surface area contributed by atoms with Crippen LogP contribution in [0.1, 0.15) is 24.8 Å². The van der Waals surface area contributed by atoms with Gasteiger partial charge in [0.15, 0.2) is 15.8 Å². The number of halogens is 1. The predicted octanol–water partition coefficient (Wildman–Crippen LogP) is 2.28. The van der Waals surface area contributed by atoms with E-state index < -0.39 is 9.84 Å². The van der Waals surface area contributed by atoms with E-state index in [0.29, 0.717) is 24.1 Å². The van der Waals surface area contributed by atoms with Crippen LogP contribution < -0.4 is 10.2 Å². The largest absolute Gasteiger partial charge is 0.368 e. The SMILES string of the molecule is Cc1cccc(N2CCN(C(=NCC3CCS(=O)(=O)C3)NC3CC3)CC2)c1.I. The van der Waals surface area contributed by atoms with Gasteiger partial charge in [-0.05, 0) is 49.8 Å². The lowest BCUT2D eigenvalue weighted by Crippen LogP contribution is -2.53. The molecule has 2 heterocycles. The van der Waals surface area contributed by atoms with Crippen molar-refractivity contribution in [3.63, 3.8) is 0 Å². The molecule has 0 aromatic heterocycles. The summed E-state index contributed by atoms with van der Waals surface area (Å²) < 4.78 is 23.4. The summed E-state index contributed by atoms with van der Waals surface area (Å²) in [6.07, 6.45) is 3.17. The molecule has 2 aliphatic heterocycles. The Bertz CT molecular complexity index is 802. The van der Waals surface area contributed by atoms with E-state index in [2.05, 4.69) is 46.3 Å². The summed E-state index contributed by atoms with van der Waals surface area (Å²) in [5.74, 6) is 1.78. The second-order valence-corrected chi connectivity index (χ2v) is 10.4. The van der Waals surface area contributed by atoms with Crippen LogP contribution in [-0.4, -0.2) is 69.5 Å². The van der Waals surface area contributed by atoms with Gasteiger partial charge in [0.1, 0.15) is 0 Å². The van der Waals surface area contributed by atoms with E-state index in [0.717, 1.165) is 38.6 Å². The van der Waals surface area contributed by atoms with E-state index in [1.54, 1.807) is 0 Å². The van der Waals surface area contributed by atoms with E-state index in [4.69, 9.17) is 4.99 Å². The van der Waals surface area contributed by atoms with Crippen molar-refractivity contribution < 1.29 is 8.42 Å². The quantitative estimate of drug-likeness (QED) is 0.377. The smallest absolute Gasteiger partial charge is 0.194 e. The first-order chi connectivity index (χ1) is 13.0. The molecule has 0 spiro atoms. The number of sulfone groups is 1. The number of hydrogen-bond acceptors (Lipinski definition) is 4. The van der Waals surface area contributed by atoms with Crippen molar-refractivity contribution in [2.75, 3.05) is 49.1 Å². The molecule has 0 bridgehead atoms. The van der Waals surface area contributed by atoms with Crippen molar-refractivity contribution in [1.82, 2.24) is 10.2 Å². The average molecular weight is 518 g/mol. The minimum absolute atomic E-state index is 0. The third-order valence-corrected chi connectivity index (χ3v) is 7.52. The first-order valence-corrected chi connectivity index (χ1v) is 11.9. The third kappa shape index (κ3) is 5.75. The Labute approximate surface area is 185 Å². The van der Waals surface area contributed by atoms with Crippen LogP contribution in [0.25, 0.3) is 0 Å². The van der Waals surface area contributed by atoms with Crippen LogP contribution in [0.4, 0.5) is 5.69 Å². The number of nitrogens with one attached hydrogen (secondary N) is 1. The fourth-order valence-electron chi connectivity index (χ4n) is 3.88. The van der Waals surface area contributed by atoms with Crippen LogP contribution in [0, 0.1) is 12.8 Å². The lowest BCUT2D eigenvalue weighted by Gasteiger charge is -2.38. The van der Waals surface area contributed by atoms with Crippen molar-refractivity contribution in [3.05, 3.63) is 29.8 Å². The van der Waals surface area contributed by atoms with Gasteiger partial charge in [0.25, 0.3) is 0 Å². The number of rotatable bonds is 4. The minimum atomic E-state index is -2.83. The summed E-state index contributed by atoms with van der Waals surface area (Å²) in [6.45, 7) is 6.59. The topological polar surface area (TPSA) is 65.0 Å². The van der Waals surface area contributed by atoms with Gasteiger partial charge < -0.3 is 15.1 Å². The van der Waals surface area contributed by atoms with Gasteiger partial charge in [0, 0.05) is 44.5 Å². The number of hydrogen-bond donors (Lipinski definition) is 1. The molecule has 3 fully saturated rings. The van der Waals surface area contributed by atoms with Crippen LogP contribution in [0.2, 0.25) is 0 Å². The van der Waals surface area contributed by atoms with Crippen molar-refractivity contribution in [1.29, 1.82) is 0 Å². The van der Waals surface area contributed by atoms with E-state index >= 15 is 0 Å². The van der Waals surface area contributed by atoms with Gasteiger partial charge >= 0.3 is 0 Å². The highest BCUT2D eigenvalue weighted by Crippen LogP contribution is 2.22. The number of benzene rings is 1. The van der Waals surface area contributed by atoms with Crippen molar-refractivity contribution >= 4 is 45.5 Å². The van der Waals surface area contributed by atoms with Gasteiger partial charge in [0.05, 0.1) is 11.5 Å². The third-order valence-electron chi connectivity index (χ3n) is 5.68. The van der Waals surface area contributed by atoms with E-state index in [-0.39, 0.29) is 29.9 Å². The molecule has 1 aromatic carbocycles. The Balaban J connectivity index is 0.00000225. The van der Waals surface area contributed by atoms with Crippen LogP contribution in [-0.2, 0) is 9.84 Å². The molecule has 3 aliphatic rings. The molecular formula is C20H31IN4O2S. The molecule has 8 heteroatoms. The monoisotopic (exact) mass is 518 g/mol. The molecule has 1 aliphatic carbocycles. The first kappa shape index (κ1) is 21.7. The molecule has 156 valence electrons. The maximum absolute atomic E-state index is 11.7. The Kier molecular flexibility index (Phi) is 7.12. The normalized spacial score (nSPS) is 24.8. The number of guanidine groups is 1. The number of aryl methyl sites for hydroxylation is 1. The highest BCUT2D eigenvalue weighted by molar-refractivity contribution is 14.0. The van der Waals surface area contributed by atoms with Gasteiger partial charge in [0.2, 0.25) is 0 Å². The number of piperazine rings is 1. The molecule has 1 atom stereocenters. The van der Waals surface area contributed by atoms with E-state index in [1.165, 1.54) is 24.1 Å². The Hall–Kier alpha value is -1.03. The maximum Gasteiger partial charge on any atom is 0.194 e. The molecule has 1 N–H and O–H groups in total. The van der Waals surface area contributed by atoms with Crippen molar-refractivity contribution in [2.24, 2.45) is 10.9 Å². The molecule has 0 radical (unpaired) electrons. The van der Waals surface area contributed by atoms with Gasteiger partial charge in [-0.2, -0.15) is 0 Å². The summed E-state index contributed by atoms with van der Waals surface area (Å²) in [6, 6.07) is 9.22. The van der Waals surface area contributed by atoms with Crippen LogP contribution in [0.5, 0.6) is 0 Å². The molecule has 4 rings (SSSR count). The Morgan fingerprint density at radius 3 is 2.54 bits per heavy atom. The molecule has 6 nitrogen and oxygen atoms in total. The summed E-state index contributed by atoms with van der Waals surface area (Å²) in [5, 5.41) is 3.58. The number of anilines is 1. The lowest BCUT2D eigenvalue weighted by atomic mass is 10.1. The minimum Gasteiger partial charge on any atom is -0.368 e. The van der Waals surface area contributed by atoms with Gasteiger partial charge in [-0.15, -0.1) is 24.0 Å². The summed E-state index contributed by atoms with van der Waals surface area (Å²) in [7, 11) is -2.83. The zero-order chi connectivity index (χ0) is 18.9. The summed E-state index contributed by atoms with van der Waals surface area (Å²) >= 11 is 0. The maximum atomic E-state index is 11.7. The van der Waals surface area contributed by atoms with Crippen LogP contribution >= 0.6 is 24.0 Å². The highest BCUT2D eigenvalue weighted by Gasteiger charge is 2.30. The van der Waals surface area contributed by atoms with Gasteiger partial charge in [-0.1, -0.05) is 12.1 Å².